The molecule has 0 amide bonds. The zero-order valence-corrected chi connectivity index (χ0v) is 35.5. The first-order valence-corrected chi connectivity index (χ1v) is 22.2. The smallest absolute Gasteiger partial charge is 0.143 e. The predicted molar refractivity (Wildman–Crippen MR) is 266 cm³/mol. The van der Waals surface area contributed by atoms with Crippen molar-refractivity contribution in [3.05, 3.63) is 229 Å². The lowest BCUT2D eigenvalue weighted by Crippen LogP contribution is -2.16. The molecule has 0 fully saturated rings. The second-order valence-electron chi connectivity index (χ2n) is 17.5. The van der Waals surface area contributed by atoms with Gasteiger partial charge in [-0.3, -0.25) is 0 Å². The van der Waals surface area contributed by atoms with Crippen molar-refractivity contribution in [3.63, 3.8) is 0 Å². The number of rotatable bonds is 7. The SMILES string of the molecule is CC1(C)c2ccccc2-c2ccc(N(c3ccc(-c4ccccc4)cc3)c3cccc(-c4ccc(-c5ccccc5)c5oc6c7ccccc7c(C7=CCCC=C7)cc6c45)c3)cc21. The van der Waals surface area contributed by atoms with E-state index >= 15 is 0 Å². The summed E-state index contributed by atoms with van der Waals surface area (Å²) in [5.41, 5.74) is 19.8. The van der Waals surface area contributed by atoms with Crippen molar-refractivity contribution >= 4 is 55.3 Å². The minimum Gasteiger partial charge on any atom is -0.455 e. The largest absolute Gasteiger partial charge is 0.455 e. The van der Waals surface area contributed by atoms with Gasteiger partial charge in [-0.2, -0.15) is 0 Å². The van der Waals surface area contributed by atoms with Gasteiger partial charge in [-0.15, -0.1) is 0 Å². The molecule has 9 aromatic carbocycles. The van der Waals surface area contributed by atoms with Gasteiger partial charge in [0.2, 0.25) is 0 Å². The standard InChI is InChI=1S/C61H45NO/c1-61(2)56-28-15-14-26-51(56)52-34-33-47(38-57(52)61)62(45-31-29-41(30-32-45)40-17-6-3-7-18-40)46-24-16-23-44(37-46)48-35-36-49(42-19-8-4-9-20-42)60-58(48)55-39-54(43-21-10-5-11-22-43)50-25-12-13-27-53(50)59(55)63-60/h3-4,6-10,12-39H,5,11H2,1-2H3. The van der Waals surface area contributed by atoms with Gasteiger partial charge in [0.25, 0.3) is 0 Å². The first kappa shape index (κ1) is 37.1. The Kier molecular flexibility index (Phi) is 8.69. The fraction of sp³-hybridized carbons (Fsp3) is 0.0820. The number of benzene rings is 9. The minimum atomic E-state index is -0.131. The van der Waals surface area contributed by atoms with Gasteiger partial charge >= 0.3 is 0 Å². The molecule has 0 spiro atoms. The molecule has 0 bridgehead atoms. The van der Waals surface area contributed by atoms with Gasteiger partial charge in [0, 0.05) is 44.2 Å². The highest BCUT2D eigenvalue weighted by atomic mass is 16.3. The number of allylic oxidation sites excluding steroid dienone is 4. The summed E-state index contributed by atoms with van der Waals surface area (Å²) in [6, 6.07) is 71.0. The molecule has 2 aliphatic rings. The van der Waals surface area contributed by atoms with Crippen molar-refractivity contribution in [2.24, 2.45) is 0 Å². The van der Waals surface area contributed by atoms with Gasteiger partial charge in [0.15, 0.2) is 0 Å². The molecule has 2 heteroatoms. The molecule has 0 saturated carbocycles. The van der Waals surface area contributed by atoms with Crippen LogP contribution in [0, 0.1) is 0 Å². The topological polar surface area (TPSA) is 16.4 Å². The molecule has 1 aromatic heterocycles. The Bertz CT molecular complexity index is 3460. The molecule has 0 unspecified atom stereocenters. The number of hydrogen-bond donors (Lipinski definition) is 0. The molecule has 0 atom stereocenters. The second kappa shape index (κ2) is 14.8. The molecule has 0 aliphatic heterocycles. The number of anilines is 3. The van der Waals surface area contributed by atoms with Crippen molar-refractivity contribution < 1.29 is 4.42 Å². The monoisotopic (exact) mass is 807 g/mol. The summed E-state index contributed by atoms with van der Waals surface area (Å²) >= 11 is 0. The van der Waals surface area contributed by atoms with Crippen molar-refractivity contribution in [3.8, 4) is 44.5 Å². The maximum absolute atomic E-state index is 7.16. The highest BCUT2D eigenvalue weighted by Crippen LogP contribution is 2.51. The number of fused-ring (bicyclic) bond motifs is 8. The van der Waals surface area contributed by atoms with Crippen LogP contribution in [-0.4, -0.2) is 0 Å². The van der Waals surface area contributed by atoms with E-state index in [0.29, 0.717) is 0 Å². The third-order valence-corrected chi connectivity index (χ3v) is 13.5. The Hall–Kier alpha value is -7.68. The summed E-state index contributed by atoms with van der Waals surface area (Å²) in [5.74, 6) is 0. The molecule has 2 nitrogen and oxygen atoms in total. The van der Waals surface area contributed by atoms with Crippen molar-refractivity contribution in [1.82, 2.24) is 0 Å². The average Bonchev–Trinajstić information content (AvgIpc) is 3.85. The third-order valence-electron chi connectivity index (χ3n) is 13.5. The van der Waals surface area contributed by atoms with Crippen LogP contribution >= 0.6 is 0 Å². The fourth-order valence-corrected chi connectivity index (χ4v) is 10.4. The maximum Gasteiger partial charge on any atom is 0.143 e. The molecule has 1 heterocycles. The van der Waals surface area contributed by atoms with E-state index in [4.69, 9.17) is 4.42 Å². The summed E-state index contributed by atoms with van der Waals surface area (Å²) in [4.78, 5) is 2.42. The lowest BCUT2D eigenvalue weighted by Gasteiger charge is -2.28. The first-order chi connectivity index (χ1) is 31.0. The van der Waals surface area contributed by atoms with E-state index in [1.54, 1.807) is 0 Å². The van der Waals surface area contributed by atoms with E-state index in [1.807, 2.05) is 0 Å². The maximum atomic E-state index is 7.16. The lowest BCUT2D eigenvalue weighted by atomic mass is 9.82. The van der Waals surface area contributed by atoms with E-state index in [-0.39, 0.29) is 5.41 Å². The van der Waals surface area contributed by atoms with Gasteiger partial charge < -0.3 is 9.32 Å². The fourth-order valence-electron chi connectivity index (χ4n) is 10.4. The van der Waals surface area contributed by atoms with Gasteiger partial charge in [-0.05, 0) is 128 Å². The molecule has 12 rings (SSSR count). The Morgan fingerprint density at radius 2 is 1.05 bits per heavy atom. The molecule has 0 radical (unpaired) electrons. The summed E-state index contributed by atoms with van der Waals surface area (Å²) in [6.45, 7) is 4.72. The van der Waals surface area contributed by atoms with Crippen LogP contribution in [0.5, 0.6) is 0 Å². The molecule has 0 saturated heterocycles. The van der Waals surface area contributed by atoms with E-state index in [1.165, 1.54) is 49.9 Å². The molecule has 300 valence electrons. The van der Waals surface area contributed by atoms with Gasteiger partial charge in [-0.1, -0.05) is 178 Å². The first-order valence-electron chi connectivity index (χ1n) is 22.2. The summed E-state index contributed by atoms with van der Waals surface area (Å²) in [5, 5.41) is 4.60. The zero-order chi connectivity index (χ0) is 42.1. The minimum absolute atomic E-state index is 0.131. The summed E-state index contributed by atoms with van der Waals surface area (Å²) in [7, 11) is 0. The van der Waals surface area contributed by atoms with Crippen molar-refractivity contribution in [2.75, 3.05) is 4.90 Å². The van der Waals surface area contributed by atoms with Crippen molar-refractivity contribution in [2.45, 2.75) is 32.1 Å². The predicted octanol–water partition coefficient (Wildman–Crippen LogP) is 17.2. The zero-order valence-electron chi connectivity index (χ0n) is 35.5. The molecular formula is C61H45NO. The van der Waals surface area contributed by atoms with Gasteiger partial charge in [-0.25, -0.2) is 0 Å². The Balaban J connectivity index is 1.08. The molecule has 0 N–H and O–H groups in total. The Morgan fingerprint density at radius 1 is 0.413 bits per heavy atom. The van der Waals surface area contributed by atoms with Crippen LogP contribution in [0.4, 0.5) is 17.1 Å². The Labute approximate surface area is 368 Å². The van der Waals surface area contributed by atoms with Crippen LogP contribution in [0.3, 0.4) is 0 Å². The quantitative estimate of drug-likeness (QED) is 0.159. The summed E-state index contributed by atoms with van der Waals surface area (Å²) < 4.78 is 7.16. The number of nitrogens with zero attached hydrogens (tertiary/aromatic N) is 1. The average molecular weight is 808 g/mol. The van der Waals surface area contributed by atoms with E-state index < -0.39 is 0 Å². The molecular weight excluding hydrogens is 763 g/mol. The lowest BCUT2D eigenvalue weighted by molar-refractivity contribution is 0.660. The number of furan rings is 1. The third kappa shape index (κ3) is 6.09. The Morgan fingerprint density at radius 3 is 1.84 bits per heavy atom. The van der Waals surface area contributed by atoms with Crippen LogP contribution in [0.2, 0.25) is 0 Å². The second-order valence-corrected chi connectivity index (χ2v) is 17.5. The van der Waals surface area contributed by atoms with Crippen LogP contribution in [0.25, 0.3) is 82.8 Å². The van der Waals surface area contributed by atoms with Crippen LogP contribution in [-0.2, 0) is 5.41 Å². The van der Waals surface area contributed by atoms with Gasteiger partial charge in [0.05, 0.1) is 0 Å². The van der Waals surface area contributed by atoms with E-state index in [9.17, 15) is 0 Å². The molecule has 2 aliphatic carbocycles. The van der Waals surface area contributed by atoms with Crippen molar-refractivity contribution in [1.29, 1.82) is 0 Å². The van der Waals surface area contributed by atoms with Crippen LogP contribution in [0.15, 0.2) is 217 Å². The normalized spacial score (nSPS) is 13.9. The van der Waals surface area contributed by atoms with Gasteiger partial charge in [0.1, 0.15) is 11.2 Å². The van der Waals surface area contributed by atoms with E-state index in [0.717, 1.165) is 79.5 Å². The van der Waals surface area contributed by atoms with Crippen LogP contribution < -0.4 is 4.90 Å². The van der Waals surface area contributed by atoms with E-state index in [2.05, 4.69) is 231 Å². The molecule has 63 heavy (non-hydrogen) atoms. The number of hydrogen-bond acceptors (Lipinski definition) is 2. The highest BCUT2D eigenvalue weighted by Gasteiger charge is 2.36. The van der Waals surface area contributed by atoms with Crippen LogP contribution in [0.1, 0.15) is 43.4 Å². The summed E-state index contributed by atoms with van der Waals surface area (Å²) in [6.07, 6.45) is 9.09. The highest BCUT2D eigenvalue weighted by molar-refractivity contribution is 6.23. The molecule has 10 aromatic rings.